The molecule has 7 heteroatoms. The van der Waals surface area contributed by atoms with E-state index in [2.05, 4.69) is 18.8 Å². The van der Waals surface area contributed by atoms with E-state index in [1.54, 1.807) is 24.2 Å². The van der Waals surface area contributed by atoms with E-state index in [1.165, 1.54) is 0 Å². The van der Waals surface area contributed by atoms with E-state index in [0.717, 1.165) is 35.6 Å². The number of anilines is 1. The van der Waals surface area contributed by atoms with Crippen molar-refractivity contribution in [3.63, 3.8) is 0 Å². The van der Waals surface area contributed by atoms with Gasteiger partial charge in [0.15, 0.2) is 5.82 Å². The zero-order valence-electron chi connectivity index (χ0n) is 15.8. The first-order valence-electron chi connectivity index (χ1n) is 8.82. The largest absolute Gasteiger partial charge is 0.362 e. The van der Waals surface area contributed by atoms with Crippen molar-refractivity contribution < 1.29 is 4.79 Å². The van der Waals surface area contributed by atoms with Crippen LogP contribution in [0.25, 0.3) is 11.4 Å². The molecule has 1 aliphatic heterocycles. The lowest BCUT2D eigenvalue weighted by atomic mass is 10.0. The molecular weight excluding hydrogens is 346 g/mol. The number of hydrogen-bond donors (Lipinski definition) is 0. The molecule has 138 valence electrons. The van der Waals surface area contributed by atoms with Gasteiger partial charge >= 0.3 is 0 Å². The van der Waals surface area contributed by atoms with E-state index in [9.17, 15) is 4.79 Å². The minimum atomic E-state index is 0.185. The number of amides is 1. The van der Waals surface area contributed by atoms with Crippen LogP contribution in [0.4, 0.5) is 5.82 Å². The summed E-state index contributed by atoms with van der Waals surface area (Å²) in [6.45, 7) is 5.50. The molecule has 0 aliphatic carbocycles. The van der Waals surface area contributed by atoms with Gasteiger partial charge in [0, 0.05) is 44.2 Å². The highest BCUT2D eigenvalue weighted by atomic mass is 32.2. The first-order chi connectivity index (χ1) is 12.5. The molecule has 26 heavy (non-hydrogen) atoms. The number of carbonyl (C=O) groups is 1. The van der Waals surface area contributed by atoms with Gasteiger partial charge in [-0.3, -0.25) is 9.78 Å². The van der Waals surface area contributed by atoms with Crippen LogP contribution in [-0.4, -0.2) is 57.4 Å². The molecule has 1 amide bonds. The van der Waals surface area contributed by atoms with Crippen LogP contribution in [0.2, 0.25) is 0 Å². The fraction of sp³-hybridized carbons (Fsp3) is 0.474. The van der Waals surface area contributed by atoms with Gasteiger partial charge in [-0.1, -0.05) is 13.8 Å². The van der Waals surface area contributed by atoms with Gasteiger partial charge in [0.2, 0.25) is 5.91 Å². The second-order valence-electron chi connectivity index (χ2n) is 6.85. The first-order valence-corrected chi connectivity index (χ1v) is 9.87. The minimum Gasteiger partial charge on any atom is -0.362 e. The Hall–Kier alpha value is -2.15. The molecule has 0 atom stereocenters. The highest BCUT2D eigenvalue weighted by molar-refractivity contribution is 8.00. The lowest BCUT2D eigenvalue weighted by Gasteiger charge is -2.30. The Balaban J connectivity index is 1.90. The van der Waals surface area contributed by atoms with Crippen LogP contribution in [0.1, 0.15) is 25.1 Å². The van der Waals surface area contributed by atoms with E-state index >= 15 is 0 Å². The van der Waals surface area contributed by atoms with Crippen molar-refractivity contribution >= 4 is 23.5 Å². The Labute approximate surface area is 159 Å². The molecule has 0 saturated carbocycles. The maximum Gasteiger partial charge on any atom is 0.232 e. The Morgan fingerprint density at radius 2 is 2.00 bits per heavy atom. The Morgan fingerprint density at radius 1 is 1.27 bits per heavy atom. The van der Waals surface area contributed by atoms with Gasteiger partial charge in [-0.15, -0.1) is 11.8 Å². The molecule has 0 unspecified atom stereocenters. The van der Waals surface area contributed by atoms with Crippen LogP contribution in [0.5, 0.6) is 0 Å². The topological polar surface area (TPSA) is 62.2 Å². The van der Waals surface area contributed by atoms with Crippen LogP contribution in [0.3, 0.4) is 0 Å². The van der Waals surface area contributed by atoms with Gasteiger partial charge in [-0.2, -0.15) is 0 Å². The van der Waals surface area contributed by atoms with Crippen LogP contribution < -0.4 is 4.90 Å². The third-order valence-corrected chi connectivity index (χ3v) is 5.38. The lowest BCUT2D eigenvalue weighted by Crippen LogP contribution is -2.38. The Bertz CT molecular complexity index is 779. The molecular formula is C19H25N5OS. The summed E-state index contributed by atoms with van der Waals surface area (Å²) in [6, 6.07) is 3.82. The maximum absolute atomic E-state index is 12.5. The van der Waals surface area contributed by atoms with Crippen molar-refractivity contribution in [2.75, 3.05) is 31.3 Å². The normalized spacial score (nSPS) is 13.7. The quantitative estimate of drug-likeness (QED) is 0.805. The molecule has 2 aromatic rings. The average Bonchev–Trinajstić information content (AvgIpc) is 2.65. The maximum atomic E-state index is 12.5. The summed E-state index contributed by atoms with van der Waals surface area (Å²) in [4.78, 5) is 30.1. The SMILES string of the molecule is CC(C)SCC(=O)N1CCc2c(nc(-c3ccncc3)nc2N(C)C)C1. The van der Waals surface area contributed by atoms with Crippen LogP contribution in [-0.2, 0) is 17.8 Å². The lowest BCUT2D eigenvalue weighted by molar-refractivity contribution is -0.129. The summed E-state index contributed by atoms with van der Waals surface area (Å²) in [5, 5.41) is 0.456. The number of thioether (sulfide) groups is 1. The van der Waals surface area contributed by atoms with Crippen molar-refractivity contribution in [3.8, 4) is 11.4 Å². The number of aromatic nitrogens is 3. The number of hydrogen-bond acceptors (Lipinski definition) is 6. The second-order valence-corrected chi connectivity index (χ2v) is 8.42. The van der Waals surface area contributed by atoms with E-state index in [4.69, 9.17) is 9.97 Å². The summed E-state index contributed by atoms with van der Waals surface area (Å²) >= 11 is 1.68. The van der Waals surface area contributed by atoms with Crippen molar-refractivity contribution in [2.45, 2.75) is 32.1 Å². The van der Waals surface area contributed by atoms with Gasteiger partial charge in [0.25, 0.3) is 0 Å². The highest BCUT2D eigenvalue weighted by Crippen LogP contribution is 2.28. The summed E-state index contributed by atoms with van der Waals surface area (Å²) < 4.78 is 0. The summed E-state index contributed by atoms with van der Waals surface area (Å²) in [7, 11) is 3.99. The number of fused-ring (bicyclic) bond motifs is 1. The summed E-state index contributed by atoms with van der Waals surface area (Å²) in [5.41, 5.74) is 3.03. The fourth-order valence-corrected chi connectivity index (χ4v) is 3.61. The zero-order chi connectivity index (χ0) is 18.7. The predicted molar refractivity (Wildman–Crippen MR) is 106 cm³/mol. The van der Waals surface area contributed by atoms with Crippen molar-refractivity contribution in [1.29, 1.82) is 0 Å². The monoisotopic (exact) mass is 371 g/mol. The van der Waals surface area contributed by atoms with Gasteiger partial charge in [0.1, 0.15) is 5.82 Å². The molecule has 0 aromatic carbocycles. The van der Waals surface area contributed by atoms with Crippen molar-refractivity contribution in [1.82, 2.24) is 19.9 Å². The predicted octanol–water partition coefficient (Wildman–Crippen LogP) is 2.63. The van der Waals surface area contributed by atoms with Gasteiger partial charge in [-0.05, 0) is 23.8 Å². The van der Waals surface area contributed by atoms with E-state index in [-0.39, 0.29) is 5.91 Å². The zero-order valence-corrected chi connectivity index (χ0v) is 16.6. The molecule has 3 rings (SSSR count). The molecule has 3 heterocycles. The van der Waals surface area contributed by atoms with Gasteiger partial charge in [0.05, 0.1) is 18.0 Å². The van der Waals surface area contributed by atoms with Gasteiger partial charge < -0.3 is 9.80 Å². The molecule has 0 N–H and O–H groups in total. The Kier molecular flexibility index (Phi) is 5.76. The number of nitrogens with zero attached hydrogens (tertiary/aromatic N) is 5. The van der Waals surface area contributed by atoms with Gasteiger partial charge in [-0.25, -0.2) is 9.97 Å². The van der Waals surface area contributed by atoms with E-state index < -0.39 is 0 Å². The minimum absolute atomic E-state index is 0.185. The first kappa shape index (κ1) is 18.6. The Morgan fingerprint density at radius 3 is 2.65 bits per heavy atom. The van der Waals surface area contributed by atoms with Crippen LogP contribution >= 0.6 is 11.8 Å². The molecule has 1 aliphatic rings. The van der Waals surface area contributed by atoms with Crippen LogP contribution in [0, 0.1) is 0 Å². The number of pyridine rings is 1. The van der Waals surface area contributed by atoms with Crippen molar-refractivity contribution in [3.05, 3.63) is 35.8 Å². The molecule has 0 spiro atoms. The third-order valence-electron chi connectivity index (χ3n) is 4.30. The molecule has 0 radical (unpaired) electrons. The average molecular weight is 372 g/mol. The number of rotatable bonds is 5. The standard InChI is InChI=1S/C19H25N5OS/c1-13(2)26-12-17(25)24-10-7-15-16(11-24)21-18(22-19(15)23(3)4)14-5-8-20-9-6-14/h5-6,8-9,13H,7,10-12H2,1-4H3. The van der Waals surface area contributed by atoms with Crippen LogP contribution in [0.15, 0.2) is 24.5 Å². The molecule has 0 bridgehead atoms. The summed E-state index contributed by atoms with van der Waals surface area (Å²) in [5.74, 6) is 2.33. The fourth-order valence-electron chi connectivity index (χ4n) is 2.95. The molecule has 0 fully saturated rings. The smallest absolute Gasteiger partial charge is 0.232 e. The van der Waals surface area contributed by atoms with E-state index in [0.29, 0.717) is 23.4 Å². The number of carbonyl (C=O) groups excluding carboxylic acids is 1. The molecule has 2 aromatic heterocycles. The highest BCUT2D eigenvalue weighted by Gasteiger charge is 2.26. The van der Waals surface area contributed by atoms with Crippen molar-refractivity contribution in [2.24, 2.45) is 0 Å². The summed E-state index contributed by atoms with van der Waals surface area (Å²) in [6.07, 6.45) is 4.27. The molecule has 6 nitrogen and oxygen atoms in total. The van der Waals surface area contributed by atoms with E-state index in [1.807, 2.05) is 36.0 Å². The third kappa shape index (κ3) is 4.15. The second kappa shape index (κ2) is 8.03. The molecule has 0 saturated heterocycles.